The number of allylic oxidation sites excluding steroid dienone is 2. The van der Waals surface area contributed by atoms with E-state index in [1.165, 1.54) is 12.8 Å². The maximum atomic E-state index is 2.43. The third kappa shape index (κ3) is 9.44. The first-order valence-corrected chi connectivity index (χ1v) is 7.03. The van der Waals surface area contributed by atoms with Crippen molar-refractivity contribution < 1.29 is 0 Å². The van der Waals surface area contributed by atoms with Crippen molar-refractivity contribution >= 4 is 0 Å². The second kappa shape index (κ2) is 5.59. The Labute approximate surface area is 110 Å². The van der Waals surface area contributed by atoms with Gasteiger partial charge in [0.1, 0.15) is 0 Å². The zero-order valence-electron chi connectivity index (χ0n) is 13.6. The minimum absolute atomic E-state index is 0.298. The molecule has 0 spiro atoms. The van der Waals surface area contributed by atoms with Gasteiger partial charge in [-0.3, -0.25) is 0 Å². The average molecular weight is 238 g/mol. The van der Waals surface area contributed by atoms with Crippen LogP contribution in [0.5, 0.6) is 0 Å². The molecule has 0 radical (unpaired) electrons. The summed E-state index contributed by atoms with van der Waals surface area (Å²) in [5.41, 5.74) is 1.02. The van der Waals surface area contributed by atoms with Crippen molar-refractivity contribution in [3.8, 4) is 0 Å². The fourth-order valence-electron chi connectivity index (χ4n) is 3.00. The van der Waals surface area contributed by atoms with Crippen LogP contribution >= 0.6 is 0 Å². The molecule has 0 heterocycles. The second-order valence-corrected chi connectivity index (χ2v) is 8.65. The van der Waals surface area contributed by atoms with Crippen molar-refractivity contribution in [2.45, 2.75) is 75.2 Å². The fourth-order valence-corrected chi connectivity index (χ4v) is 3.00. The summed E-state index contributed by atoms with van der Waals surface area (Å²) in [4.78, 5) is 0. The predicted molar refractivity (Wildman–Crippen MR) is 80.2 cm³/mol. The number of hydrogen-bond acceptors (Lipinski definition) is 0. The summed E-state index contributed by atoms with van der Waals surface area (Å²) in [6, 6.07) is 0. The van der Waals surface area contributed by atoms with Gasteiger partial charge in [-0.05, 0) is 35.0 Å². The molecule has 0 aliphatic rings. The van der Waals surface area contributed by atoms with Gasteiger partial charge in [-0.25, -0.2) is 0 Å². The van der Waals surface area contributed by atoms with Crippen molar-refractivity contribution in [2.24, 2.45) is 22.2 Å². The molecule has 0 fully saturated rings. The Hall–Kier alpha value is -0.260. The fraction of sp³-hybridized carbons (Fsp3) is 0.882. The molecule has 0 heteroatoms. The van der Waals surface area contributed by atoms with Crippen LogP contribution in [0.1, 0.15) is 75.2 Å². The van der Waals surface area contributed by atoms with Crippen molar-refractivity contribution in [1.82, 2.24) is 0 Å². The minimum atomic E-state index is 0.298. The first-order valence-electron chi connectivity index (χ1n) is 7.03. The third-order valence-corrected chi connectivity index (χ3v) is 2.91. The molecule has 102 valence electrons. The van der Waals surface area contributed by atoms with Crippen molar-refractivity contribution in [2.75, 3.05) is 0 Å². The van der Waals surface area contributed by atoms with Gasteiger partial charge in [0.05, 0.1) is 0 Å². The van der Waals surface area contributed by atoms with Gasteiger partial charge in [0.15, 0.2) is 0 Å². The maximum Gasteiger partial charge on any atom is -0.0170 e. The van der Waals surface area contributed by atoms with Crippen LogP contribution < -0.4 is 0 Å². The Bertz CT molecular complexity index is 246. The Balaban J connectivity index is 4.59. The summed E-state index contributed by atoms with van der Waals surface area (Å²) in [6.07, 6.45) is 7.35. The molecule has 0 bridgehead atoms. The molecule has 0 N–H and O–H groups in total. The first kappa shape index (κ1) is 16.7. The summed E-state index contributed by atoms with van der Waals surface area (Å²) in [6.45, 7) is 20.9. The Morgan fingerprint density at radius 1 is 0.765 bits per heavy atom. The second-order valence-electron chi connectivity index (χ2n) is 8.65. The van der Waals surface area contributed by atoms with Crippen molar-refractivity contribution in [3.63, 3.8) is 0 Å². The highest BCUT2D eigenvalue weighted by atomic mass is 14.3. The quantitative estimate of drug-likeness (QED) is 0.509. The standard InChI is InChI=1S/C17H34/c1-14(2)12-16(6,7)10-11-17(8,9)13-15(3,4)5/h10-11,14H,12-13H2,1-9H3. The molecule has 0 aliphatic heterocycles. The van der Waals surface area contributed by atoms with E-state index in [0.717, 1.165) is 5.92 Å². The predicted octanol–water partition coefficient (Wildman–Crippen LogP) is 6.08. The molecule has 0 aromatic carbocycles. The van der Waals surface area contributed by atoms with E-state index in [9.17, 15) is 0 Å². The van der Waals surface area contributed by atoms with Crippen LogP contribution in [0.4, 0.5) is 0 Å². The lowest BCUT2D eigenvalue weighted by Gasteiger charge is -2.31. The Morgan fingerprint density at radius 3 is 1.53 bits per heavy atom. The molecule has 0 aromatic heterocycles. The molecular weight excluding hydrogens is 204 g/mol. The molecule has 0 saturated heterocycles. The van der Waals surface area contributed by atoms with E-state index in [0.29, 0.717) is 16.2 Å². The van der Waals surface area contributed by atoms with Gasteiger partial charge in [-0.2, -0.15) is 0 Å². The molecule has 0 unspecified atom stereocenters. The summed E-state index contributed by atoms with van der Waals surface area (Å²) in [7, 11) is 0. The lowest BCUT2D eigenvalue weighted by molar-refractivity contribution is 0.258. The topological polar surface area (TPSA) is 0 Å². The maximum absolute atomic E-state index is 2.43. The van der Waals surface area contributed by atoms with Gasteiger partial charge in [0.25, 0.3) is 0 Å². The van der Waals surface area contributed by atoms with Crippen LogP contribution in [0.2, 0.25) is 0 Å². The molecule has 0 aromatic rings. The monoisotopic (exact) mass is 238 g/mol. The van der Waals surface area contributed by atoms with Crippen LogP contribution in [0.15, 0.2) is 12.2 Å². The van der Waals surface area contributed by atoms with E-state index < -0.39 is 0 Å². The zero-order chi connectivity index (χ0) is 13.9. The lowest BCUT2D eigenvalue weighted by Crippen LogP contribution is -2.20. The normalized spacial score (nSPS) is 14.9. The highest BCUT2D eigenvalue weighted by molar-refractivity contribution is 5.03. The van der Waals surface area contributed by atoms with Crippen LogP contribution in [0.3, 0.4) is 0 Å². The van der Waals surface area contributed by atoms with E-state index in [-0.39, 0.29) is 0 Å². The highest BCUT2D eigenvalue weighted by Gasteiger charge is 2.24. The van der Waals surface area contributed by atoms with Gasteiger partial charge in [0, 0.05) is 0 Å². The summed E-state index contributed by atoms with van der Waals surface area (Å²) in [5, 5.41) is 0. The smallest absolute Gasteiger partial charge is 0.0170 e. The van der Waals surface area contributed by atoms with Crippen molar-refractivity contribution in [3.05, 3.63) is 12.2 Å². The molecular formula is C17H34. The highest BCUT2D eigenvalue weighted by Crippen LogP contribution is 2.36. The Morgan fingerprint density at radius 2 is 1.18 bits per heavy atom. The SMILES string of the molecule is CC(C)CC(C)(C)C=CC(C)(C)CC(C)(C)C. The molecule has 0 rings (SSSR count). The molecule has 0 nitrogen and oxygen atoms in total. The summed E-state index contributed by atoms with van der Waals surface area (Å²) in [5.74, 6) is 0.764. The van der Waals surface area contributed by atoms with E-state index in [2.05, 4.69) is 74.5 Å². The van der Waals surface area contributed by atoms with Gasteiger partial charge in [-0.15, -0.1) is 0 Å². The van der Waals surface area contributed by atoms with Gasteiger partial charge >= 0.3 is 0 Å². The molecule has 0 aliphatic carbocycles. The van der Waals surface area contributed by atoms with Gasteiger partial charge < -0.3 is 0 Å². The largest absolute Gasteiger partial charge is 0.0823 e. The zero-order valence-corrected chi connectivity index (χ0v) is 13.6. The van der Waals surface area contributed by atoms with E-state index >= 15 is 0 Å². The van der Waals surface area contributed by atoms with E-state index in [1.54, 1.807) is 0 Å². The lowest BCUT2D eigenvalue weighted by atomic mass is 9.74. The summed E-state index contributed by atoms with van der Waals surface area (Å²) < 4.78 is 0. The van der Waals surface area contributed by atoms with E-state index in [4.69, 9.17) is 0 Å². The molecule has 0 amide bonds. The number of rotatable bonds is 5. The third-order valence-electron chi connectivity index (χ3n) is 2.91. The van der Waals surface area contributed by atoms with Gasteiger partial charge in [0.2, 0.25) is 0 Å². The molecule has 17 heavy (non-hydrogen) atoms. The number of hydrogen-bond donors (Lipinski definition) is 0. The summed E-state index contributed by atoms with van der Waals surface area (Å²) >= 11 is 0. The minimum Gasteiger partial charge on any atom is -0.0823 e. The van der Waals surface area contributed by atoms with Crippen LogP contribution in [-0.4, -0.2) is 0 Å². The van der Waals surface area contributed by atoms with Crippen LogP contribution in [0, 0.1) is 22.2 Å². The van der Waals surface area contributed by atoms with E-state index in [1.807, 2.05) is 0 Å². The molecule has 0 atom stereocenters. The Kier molecular flexibility index (Phi) is 5.50. The van der Waals surface area contributed by atoms with Gasteiger partial charge in [-0.1, -0.05) is 74.5 Å². The average Bonchev–Trinajstić information content (AvgIpc) is 1.94. The first-order chi connectivity index (χ1) is 7.33. The van der Waals surface area contributed by atoms with Crippen molar-refractivity contribution in [1.29, 1.82) is 0 Å². The molecule has 0 saturated carbocycles. The van der Waals surface area contributed by atoms with Crippen LogP contribution in [-0.2, 0) is 0 Å². The van der Waals surface area contributed by atoms with Crippen LogP contribution in [0.25, 0.3) is 0 Å².